The van der Waals surface area contributed by atoms with Crippen LogP contribution in [0.15, 0.2) is 48.5 Å². The molecule has 6 heteroatoms. The van der Waals surface area contributed by atoms with Gasteiger partial charge in [-0.05, 0) is 80.1 Å². The molecule has 0 aromatic heterocycles. The van der Waals surface area contributed by atoms with Crippen LogP contribution in [0.5, 0.6) is 5.75 Å². The Morgan fingerprint density at radius 2 is 1.77 bits per heavy atom. The number of hydrogen-bond acceptors (Lipinski definition) is 3. The molecule has 1 atom stereocenters. The fraction of sp³-hybridized carbons (Fsp3) is 0.350. The molecular weight excluding hydrogens is 366 g/mol. The normalized spacial score (nSPS) is 15.5. The van der Waals surface area contributed by atoms with Crippen molar-refractivity contribution in [2.24, 2.45) is 0 Å². The minimum atomic E-state index is 0.286. The van der Waals surface area contributed by atoms with Crippen molar-refractivity contribution in [3.05, 3.63) is 59.1 Å². The van der Waals surface area contributed by atoms with Gasteiger partial charge in [0.05, 0.1) is 13.2 Å². The molecule has 138 valence electrons. The second-order valence-corrected chi connectivity index (χ2v) is 7.22. The summed E-state index contributed by atoms with van der Waals surface area (Å²) in [5, 5.41) is 7.90. The van der Waals surface area contributed by atoms with Crippen molar-refractivity contribution in [2.45, 2.75) is 18.9 Å². The van der Waals surface area contributed by atoms with Crippen molar-refractivity contribution in [1.82, 2.24) is 10.2 Å². The summed E-state index contributed by atoms with van der Waals surface area (Å²) < 4.78 is 5.28. The maximum atomic E-state index is 5.92. The van der Waals surface area contributed by atoms with E-state index in [0.29, 0.717) is 10.1 Å². The van der Waals surface area contributed by atoms with Gasteiger partial charge in [0, 0.05) is 17.3 Å². The second kappa shape index (κ2) is 9.21. The summed E-state index contributed by atoms with van der Waals surface area (Å²) in [5.41, 5.74) is 2.20. The third-order valence-corrected chi connectivity index (χ3v) is 5.14. The second-order valence-electron chi connectivity index (χ2n) is 6.37. The van der Waals surface area contributed by atoms with E-state index in [1.165, 1.54) is 18.4 Å². The Morgan fingerprint density at radius 1 is 1.12 bits per heavy atom. The van der Waals surface area contributed by atoms with Gasteiger partial charge in [0.15, 0.2) is 5.11 Å². The largest absolute Gasteiger partial charge is 0.497 e. The summed E-state index contributed by atoms with van der Waals surface area (Å²) in [5.74, 6) is 0.877. The van der Waals surface area contributed by atoms with Crippen molar-refractivity contribution in [3.63, 3.8) is 0 Å². The highest BCUT2D eigenvalue weighted by molar-refractivity contribution is 7.80. The molecule has 0 saturated carbocycles. The number of ether oxygens (including phenoxy) is 1. The van der Waals surface area contributed by atoms with Crippen molar-refractivity contribution >= 4 is 34.6 Å². The van der Waals surface area contributed by atoms with Gasteiger partial charge in [0.2, 0.25) is 0 Å². The number of thiocarbonyl (C=S) groups is 1. The highest BCUT2D eigenvalue weighted by Gasteiger charge is 2.23. The predicted molar refractivity (Wildman–Crippen MR) is 112 cm³/mol. The number of anilines is 1. The first-order valence-electron chi connectivity index (χ1n) is 8.84. The van der Waals surface area contributed by atoms with Gasteiger partial charge in [-0.1, -0.05) is 23.7 Å². The molecule has 1 saturated heterocycles. The Bertz CT molecular complexity index is 715. The first kappa shape index (κ1) is 19.0. The van der Waals surface area contributed by atoms with E-state index in [2.05, 4.69) is 27.7 Å². The van der Waals surface area contributed by atoms with E-state index >= 15 is 0 Å². The molecule has 0 spiro atoms. The lowest BCUT2D eigenvalue weighted by molar-refractivity contribution is 0.246. The fourth-order valence-electron chi connectivity index (χ4n) is 3.23. The summed E-state index contributed by atoms with van der Waals surface area (Å²) >= 11 is 11.4. The highest BCUT2D eigenvalue weighted by Crippen LogP contribution is 2.26. The molecule has 1 unspecified atom stereocenters. The molecule has 0 amide bonds. The number of nitrogens with one attached hydrogen (secondary N) is 2. The Balaban J connectivity index is 1.63. The van der Waals surface area contributed by atoms with Gasteiger partial charge in [0.1, 0.15) is 5.75 Å². The molecule has 2 aromatic rings. The van der Waals surface area contributed by atoms with Gasteiger partial charge in [-0.25, -0.2) is 0 Å². The van der Waals surface area contributed by atoms with Crippen LogP contribution in [0.1, 0.15) is 24.4 Å². The number of likely N-dealkylation sites (tertiary alicyclic amines) is 1. The number of rotatable bonds is 6. The van der Waals surface area contributed by atoms with E-state index in [1.807, 2.05) is 36.4 Å². The molecule has 0 bridgehead atoms. The molecule has 0 aliphatic carbocycles. The quantitative estimate of drug-likeness (QED) is 0.713. The van der Waals surface area contributed by atoms with Crippen molar-refractivity contribution in [3.8, 4) is 5.75 Å². The average molecular weight is 390 g/mol. The molecule has 26 heavy (non-hydrogen) atoms. The number of benzene rings is 2. The SMILES string of the molecule is COc1ccc(C(CNC(=S)Nc2ccc(Cl)cc2)N2CCCC2)cc1. The maximum absolute atomic E-state index is 5.92. The van der Waals surface area contributed by atoms with E-state index in [4.69, 9.17) is 28.6 Å². The molecule has 1 aliphatic heterocycles. The van der Waals surface area contributed by atoms with E-state index in [-0.39, 0.29) is 6.04 Å². The van der Waals surface area contributed by atoms with Crippen molar-refractivity contribution in [1.29, 1.82) is 0 Å². The van der Waals surface area contributed by atoms with Crippen LogP contribution < -0.4 is 15.4 Å². The lowest BCUT2D eigenvalue weighted by Gasteiger charge is -2.29. The van der Waals surface area contributed by atoms with E-state index in [9.17, 15) is 0 Å². The van der Waals surface area contributed by atoms with Crippen LogP contribution in [-0.2, 0) is 0 Å². The minimum Gasteiger partial charge on any atom is -0.497 e. The Kier molecular flexibility index (Phi) is 6.72. The van der Waals surface area contributed by atoms with Gasteiger partial charge < -0.3 is 15.4 Å². The van der Waals surface area contributed by atoms with Gasteiger partial charge >= 0.3 is 0 Å². The van der Waals surface area contributed by atoms with Gasteiger partial charge in [-0.2, -0.15) is 0 Å². The number of methoxy groups -OCH3 is 1. The van der Waals surface area contributed by atoms with Crippen LogP contribution in [0.3, 0.4) is 0 Å². The molecule has 2 N–H and O–H groups in total. The minimum absolute atomic E-state index is 0.286. The molecule has 1 heterocycles. The molecule has 4 nitrogen and oxygen atoms in total. The third-order valence-electron chi connectivity index (χ3n) is 4.64. The van der Waals surface area contributed by atoms with Crippen LogP contribution in [0.4, 0.5) is 5.69 Å². The van der Waals surface area contributed by atoms with Crippen LogP contribution in [0, 0.1) is 0 Å². The Morgan fingerprint density at radius 3 is 2.38 bits per heavy atom. The van der Waals surface area contributed by atoms with Crippen LogP contribution >= 0.6 is 23.8 Å². The van der Waals surface area contributed by atoms with E-state index in [0.717, 1.165) is 31.1 Å². The Hall–Kier alpha value is -1.82. The summed E-state index contributed by atoms with van der Waals surface area (Å²) in [6.07, 6.45) is 2.50. The average Bonchev–Trinajstić information content (AvgIpc) is 3.19. The topological polar surface area (TPSA) is 36.5 Å². The summed E-state index contributed by atoms with van der Waals surface area (Å²) in [7, 11) is 1.69. The van der Waals surface area contributed by atoms with Crippen molar-refractivity contribution in [2.75, 3.05) is 32.1 Å². The molecular formula is C20H24ClN3OS. The van der Waals surface area contributed by atoms with E-state index < -0.39 is 0 Å². The summed E-state index contributed by atoms with van der Waals surface area (Å²) in [6, 6.07) is 16.1. The smallest absolute Gasteiger partial charge is 0.170 e. The first-order chi connectivity index (χ1) is 12.7. The monoisotopic (exact) mass is 389 g/mol. The standard InChI is InChI=1S/C20H24ClN3OS/c1-25-18-10-4-15(5-11-18)19(24-12-2-3-13-24)14-22-20(26)23-17-8-6-16(21)7-9-17/h4-11,19H,2-3,12-14H2,1H3,(H2,22,23,26). The maximum Gasteiger partial charge on any atom is 0.170 e. The molecule has 1 aliphatic rings. The van der Waals surface area contributed by atoms with Crippen LogP contribution in [0.2, 0.25) is 5.02 Å². The van der Waals surface area contributed by atoms with Gasteiger partial charge in [0.25, 0.3) is 0 Å². The molecule has 3 rings (SSSR count). The number of halogens is 1. The van der Waals surface area contributed by atoms with Gasteiger partial charge in [-0.3, -0.25) is 4.90 Å². The predicted octanol–water partition coefficient (Wildman–Crippen LogP) is 4.47. The molecule has 0 radical (unpaired) electrons. The van der Waals surface area contributed by atoms with Crippen molar-refractivity contribution < 1.29 is 4.74 Å². The van der Waals surface area contributed by atoms with Crippen LogP contribution in [-0.4, -0.2) is 36.8 Å². The zero-order valence-corrected chi connectivity index (χ0v) is 16.4. The summed E-state index contributed by atoms with van der Waals surface area (Å²) in [6.45, 7) is 3.00. The highest BCUT2D eigenvalue weighted by atomic mass is 35.5. The zero-order valence-electron chi connectivity index (χ0n) is 14.9. The summed E-state index contributed by atoms with van der Waals surface area (Å²) in [4.78, 5) is 2.51. The molecule has 1 fully saturated rings. The third kappa shape index (κ3) is 5.10. The van der Waals surface area contributed by atoms with Gasteiger partial charge in [-0.15, -0.1) is 0 Å². The Labute approximate surface area is 165 Å². The lowest BCUT2D eigenvalue weighted by atomic mass is 10.1. The zero-order chi connectivity index (χ0) is 18.4. The fourth-order valence-corrected chi connectivity index (χ4v) is 3.56. The first-order valence-corrected chi connectivity index (χ1v) is 9.63. The molecule has 2 aromatic carbocycles. The lowest BCUT2D eigenvalue weighted by Crippen LogP contribution is -2.38. The number of hydrogen-bond donors (Lipinski definition) is 2. The van der Waals surface area contributed by atoms with E-state index in [1.54, 1.807) is 7.11 Å². The number of nitrogens with zero attached hydrogens (tertiary/aromatic N) is 1. The van der Waals surface area contributed by atoms with Crippen LogP contribution in [0.25, 0.3) is 0 Å².